The normalized spacial score (nSPS) is 22.1. The summed E-state index contributed by atoms with van der Waals surface area (Å²) >= 11 is 0. The van der Waals surface area contributed by atoms with E-state index < -0.39 is 7.92 Å². The smallest absolute Gasteiger partial charge is 0.0712 e. The van der Waals surface area contributed by atoms with Crippen molar-refractivity contribution in [1.29, 1.82) is 0 Å². The highest BCUT2D eigenvalue weighted by molar-refractivity contribution is 7.80. The van der Waals surface area contributed by atoms with E-state index >= 15 is 0 Å². The topological polar surface area (TPSA) is 12.9 Å². The summed E-state index contributed by atoms with van der Waals surface area (Å²) in [7, 11) is -0.691. The zero-order valence-electron chi connectivity index (χ0n) is 22.1. The Morgan fingerprint density at radius 1 is 0.750 bits per heavy atom. The largest absolute Gasteiger partial charge is 0.252 e. The predicted molar refractivity (Wildman–Crippen MR) is 155 cm³/mol. The second-order valence-corrected chi connectivity index (χ2v) is 14.4. The maximum atomic E-state index is 5.52. The minimum Gasteiger partial charge on any atom is -0.252 e. The molecular weight excluding hydrogens is 453 g/mol. The van der Waals surface area contributed by atoms with Crippen LogP contribution in [0.5, 0.6) is 0 Å². The van der Waals surface area contributed by atoms with Crippen molar-refractivity contribution in [2.24, 2.45) is 16.7 Å². The number of aromatic nitrogens is 1. The molecule has 1 saturated carbocycles. The van der Waals surface area contributed by atoms with Gasteiger partial charge < -0.3 is 0 Å². The van der Waals surface area contributed by atoms with E-state index in [1.807, 2.05) is 0 Å². The van der Waals surface area contributed by atoms with Crippen LogP contribution < -0.4 is 15.9 Å². The third-order valence-corrected chi connectivity index (χ3v) is 11.3. The van der Waals surface area contributed by atoms with E-state index in [9.17, 15) is 0 Å². The molecule has 0 amide bonds. The number of pyridine rings is 1. The first-order chi connectivity index (χ1) is 17.3. The fraction of sp³-hybridized carbons (Fsp3) is 0.324. The van der Waals surface area contributed by atoms with E-state index in [0.29, 0.717) is 23.2 Å². The summed E-state index contributed by atoms with van der Waals surface area (Å²) in [4.78, 5) is 5.52. The Labute approximate surface area is 217 Å². The van der Waals surface area contributed by atoms with Crippen molar-refractivity contribution >= 4 is 23.8 Å². The van der Waals surface area contributed by atoms with Crippen LogP contribution in [-0.4, -0.2) is 4.98 Å². The third kappa shape index (κ3) is 3.75. The fourth-order valence-electron chi connectivity index (χ4n) is 6.90. The lowest BCUT2D eigenvalue weighted by molar-refractivity contribution is -0.0376. The summed E-state index contributed by atoms with van der Waals surface area (Å²) in [6, 6.07) is 35.7. The van der Waals surface area contributed by atoms with Gasteiger partial charge in [-0.1, -0.05) is 126 Å². The molecule has 36 heavy (non-hydrogen) atoms. The van der Waals surface area contributed by atoms with Gasteiger partial charge in [-0.2, -0.15) is 0 Å². The van der Waals surface area contributed by atoms with Crippen molar-refractivity contribution in [3.8, 4) is 11.3 Å². The van der Waals surface area contributed by atoms with Gasteiger partial charge in [-0.15, -0.1) is 0 Å². The lowest BCUT2D eigenvalue weighted by Crippen LogP contribution is -2.53. The first-order valence-corrected chi connectivity index (χ1v) is 14.6. The van der Waals surface area contributed by atoms with Crippen molar-refractivity contribution in [2.45, 2.75) is 52.9 Å². The van der Waals surface area contributed by atoms with E-state index in [1.165, 1.54) is 39.2 Å². The highest BCUT2D eigenvalue weighted by Gasteiger charge is 2.59. The number of benzene rings is 3. The summed E-state index contributed by atoms with van der Waals surface area (Å²) < 4.78 is 0. The number of rotatable bonds is 4. The minimum absolute atomic E-state index is 0.188. The molecule has 0 saturated heterocycles. The van der Waals surface area contributed by atoms with E-state index in [-0.39, 0.29) is 5.41 Å². The second kappa shape index (κ2) is 8.67. The monoisotopic (exact) mass is 489 g/mol. The Bertz CT molecular complexity index is 1340. The SMILES string of the molecule is CC(C)(C)[C@H]1c2nc(-c3ccccc3P(c3ccccc3)c3ccccc3)ccc2[C@H]2C[C@@H]1C2(C)C. The van der Waals surface area contributed by atoms with Crippen molar-refractivity contribution in [3.05, 3.63) is 108 Å². The van der Waals surface area contributed by atoms with Gasteiger partial charge in [0.15, 0.2) is 0 Å². The molecule has 3 aliphatic rings. The number of hydrogen-bond donors (Lipinski definition) is 0. The molecule has 0 unspecified atom stereocenters. The Kier molecular flexibility index (Phi) is 5.69. The molecule has 0 N–H and O–H groups in total. The van der Waals surface area contributed by atoms with Gasteiger partial charge in [0, 0.05) is 17.2 Å². The standard InChI is InChI=1S/C34H36NP/c1-33(2,3)31-28-22-27(34(28,4)5)25-20-21-29(35-32(25)31)26-18-12-13-19-30(26)36(23-14-8-6-9-15-23)24-16-10-7-11-17-24/h6-21,27-28,31H,22H2,1-5H3/t27-,28+,31-/m1/s1. The van der Waals surface area contributed by atoms with Gasteiger partial charge in [-0.05, 0) is 64.6 Å². The fourth-order valence-corrected chi connectivity index (χ4v) is 9.36. The van der Waals surface area contributed by atoms with E-state index in [0.717, 1.165) is 5.69 Å². The van der Waals surface area contributed by atoms with Crippen LogP contribution in [0, 0.1) is 16.7 Å². The van der Waals surface area contributed by atoms with E-state index in [2.05, 4.69) is 132 Å². The molecule has 3 aromatic carbocycles. The summed E-state index contributed by atoms with van der Waals surface area (Å²) in [5.41, 5.74) is 5.80. The Hall–Kier alpha value is -2.76. The zero-order chi connectivity index (χ0) is 25.1. The molecule has 3 atom stereocenters. The molecule has 0 aliphatic heterocycles. The summed E-state index contributed by atoms with van der Waals surface area (Å²) in [6.07, 6.45) is 1.31. The molecule has 0 spiro atoms. The quantitative estimate of drug-likeness (QED) is 0.267. The van der Waals surface area contributed by atoms with Crippen LogP contribution in [0.3, 0.4) is 0 Å². The van der Waals surface area contributed by atoms with Crippen molar-refractivity contribution in [3.63, 3.8) is 0 Å². The molecule has 1 aromatic heterocycles. The lowest BCUT2D eigenvalue weighted by Gasteiger charge is -2.62. The Morgan fingerprint density at radius 2 is 1.33 bits per heavy atom. The molecule has 2 heteroatoms. The van der Waals surface area contributed by atoms with E-state index in [1.54, 1.807) is 0 Å². The molecule has 1 nitrogen and oxygen atoms in total. The molecule has 2 bridgehead atoms. The van der Waals surface area contributed by atoms with Crippen LogP contribution in [0.15, 0.2) is 97.1 Å². The average Bonchev–Trinajstić information content (AvgIpc) is 2.88. The maximum absolute atomic E-state index is 5.52. The van der Waals surface area contributed by atoms with Gasteiger partial charge >= 0.3 is 0 Å². The van der Waals surface area contributed by atoms with Crippen LogP contribution in [0.2, 0.25) is 0 Å². The van der Waals surface area contributed by atoms with Gasteiger partial charge in [0.25, 0.3) is 0 Å². The first kappa shape index (κ1) is 23.6. The summed E-state index contributed by atoms with van der Waals surface area (Å²) in [5, 5.41) is 4.13. The first-order valence-electron chi connectivity index (χ1n) is 13.3. The molecular formula is C34H36NP. The number of hydrogen-bond acceptors (Lipinski definition) is 1. The van der Waals surface area contributed by atoms with Crippen LogP contribution >= 0.6 is 7.92 Å². The molecule has 0 radical (unpaired) electrons. The summed E-state index contributed by atoms with van der Waals surface area (Å²) in [6.45, 7) is 12.2. The summed E-state index contributed by atoms with van der Waals surface area (Å²) in [5.74, 6) is 1.83. The van der Waals surface area contributed by atoms with Crippen LogP contribution in [0.25, 0.3) is 11.3 Å². The molecule has 3 aliphatic carbocycles. The minimum atomic E-state index is -0.691. The maximum Gasteiger partial charge on any atom is 0.0712 e. The predicted octanol–water partition coefficient (Wildman–Crippen LogP) is 7.78. The van der Waals surface area contributed by atoms with Gasteiger partial charge in [-0.25, -0.2) is 0 Å². The van der Waals surface area contributed by atoms with Gasteiger partial charge in [0.2, 0.25) is 0 Å². The van der Waals surface area contributed by atoms with Crippen LogP contribution in [0.1, 0.15) is 64.1 Å². The Morgan fingerprint density at radius 3 is 1.92 bits per heavy atom. The third-order valence-electron chi connectivity index (χ3n) is 8.76. The number of nitrogens with zero attached hydrogens (tertiary/aromatic N) is 1. The van der Waals surface area contributed by atoms with Gasteiger partial charge in [-0.3, -0.25) is 4.98 Å². The lowest BCUT2D eigenvalue weighted by atomic mass is 9.42. The van der Waals surface area contributed by atoms with Crippen molar-refractivity contribution in [2.75, 3.05) is 0 Å². The molecule has 1 heterocycles. The molecule has 182 valence electrons. The van der Waals surface area contributed by atoms with Gasteiger partial charge in [0.1, 0.15) is 0 Å². The van der Waals surface area contributed by atoms with Crippen molar-refractivity contribution in [1.82, 2.24) is 4.98 Å². The molecule has 1 fully saturated rings. The Balaban J connectivity index is 1.52. The van der Waals surface area contributed by atoms with Crippen LogP contribution in [0.4, 0.5) is 0 Å². The molecule has 4 aromatic rings. The van der Waals surface area contributed by atoms with E-state index in [4.69, 9.17) is 4.98 Å². The van der Waals surface area contributed by atoms with Crippen LogP contribution in [-0.2, 0) is 0 Å². The zero-order valence-corrected chi connectivity index (χ0v) is 23.0. The van der Waals surface area contributed by atoms with Gasteiger partial charge in [0.05, 0.1) is 5.69 Å². The van der Waals surface area contributed by atoms with Crippen molar-refractivity contribution < 1.29 is 0 Å². The molecule has 7 rings (SSSR count). The highest BCUT2D eigenvalue weighted by atomic mass is 31.1. The highest BCUT2D eigenvalue weighted by Crippen LogP contribution is 2.69. The average molecular weight is 490 g/mol. The second-order valence-electron chi connectivity index (χ2n) is 12.3.